The molecule has 0 spiro atoms. The summed E-state index contributed by atoms with van der Waals surface area (Å²) in [6.45, 7) is 1.30. The summed E-state index contributed by atoms with van der Waals surface area (Å²) < 4.78 is 7.42. The molecule has 1 N–H and O–H groups in total. The van der Waals surface area contributed by atoms with Gasteiger partial charge in [0.25, 0.3) is 0 Å². The molecule has 3 heterocycles. The highest BCUT2D eigenvalue weighted by atomic mass is 16.5. The smallest absolute Gasteiger partial charge is 0.244 e. The summed E-state index contributed by atoms with van der Waals surface area (Å²) in [5.41, 5.74) is 0. The van der Waals surface area contributed by atoms with E-state index in [2.05, 4.69) is 10.1 Å². The Kier molecular flexibility index (Phi) is 4.87. The fraction of sp³-hybridized carbons (Fsp3) is 0.438. The number of hydrogen-bond donors (Lipinski definition) is 1. The highest BCUT2D eigenvalue weighted by molar-refractivity contribution is 5.75. The minimum atomic E-state index is -0.599. The molecule has 0 bridgehead atoms. The zero-order chi connectivity index (χ0) is 16.1. The Morgan fingerprint density at radius 2 is 2.17 bits per heavy atom. The molecule has 2 aromatic rings. The summed E-state index contributed by atoms with van der Waals surface area (Å²) in [6.07, 6.45) is 6.86. The number of aliphatic hydroxyl groups excluding tert-OH is 1. The number of pyridine rings is 1. The van der Waals surface area contributed by atoms with E-state index in [-0.39, 0.29) is 18.6 Å². The van der Waals surface area contributed by atoms with Crippen molar-refractivity contribution in [3.05, 3.63) is 43.0 Å². The maximum Gasteiger partial charge on any atom is 0.244 e. The van der Waals surface area contributed by atoms with Crippen LogP contribution in [0.5, 0.6) is 5.75 Å². The third-order valence-corrected chi connectivity index (χ3v) is 3.94. The lowest BCUT2D eigenvalue weighted by Crippen LogP contribution is -2.35. The average molecular weight is 316 g/mol. The quantitative estimate of drug-likeness (QED) is 0.898. The second kappa shape index (κ2) is 7.23. The molecule has 122 valence electrons. The normalized spacial score (nSPS) is 21.7. The van der Waals surface area contributed by atoms with Gasteiger partial charge in [-0.3, -0.25) is 14.5 Å². The Labute approximate surface area is 134 Å². The first-order valence-electron chi connectivity index (χ1n) is 7.72. The number of amides is 1. The number of carbonyl (C=O) groups is 1. The summed E-state index contributed by atoms with van der Waals surface area (Å²) >= 11 is 0. The number of likely N-dealkylation sites (tertiary alicyclic amines) is 1. The predicted molar refractivity (Wildman–Crippen MR) is 82.7 cm³/mol. The van der Waals surface area contributed by atoms with Gasteiger partial charge in [0.15, 0.2) is 0 Å². The molecule has 0 unspecified atom stereocenters. The van der Waals surface area contributed by atoms with Crippen molar-refractivity contribution in [1.29, 1.82) is 0 Å². The summed E-state index contributed by atoms with van der Waals surface area (Å²) in [4.78, 5) is 18.1. The van der Waals surface area contributed by atoms with Crippen LogP contribution in [0.4, 0.5) is 0 Å². The maximum atomic E-state index is 12.3. The van der Waals surface area contributed by atoms with Crippen LogP contribution in [0.25, 0.3) is 0 Å². The van der Waals surface area contributed by atoms with Gasteiger partial charge in [0, 0.05) is 38.1 Å². The third kappa shape index (κ3) is 4.07. The van der Waals surface area contributed by atoms with Crippen LogP contribution < -0.4 is 4.74 Å². The van der Waals surface area contributed by atoms with Crippen molar-refractivity contribution < 1.29 is 14.6 Å². The van der Waals surface area contributed by atoms with E-state index in [1.165, 1.54) is 0 Å². The molecule has 1 aliphatic rings. The lowest BCUT2D eigenvalue weighted by Gasteiger charge is -2.21. The van der Waals surface area contributed by atoms with Gasteiger partial charge in [-0.2, -0.15) is 5.10 Å². The fourth-order valence-electron chi connectivity index (χ4n) is 2.67. The van der Waals surface area contributed by atoms with Crippen molar-refractivity contribution >= 4 is 5.91 Å². The molecule has 0 aromatic carbocycles. The average Bonchev–Trinajstić information content (AvgIpc) is 3.00. The molecule has 1 fully saturated rings. The van der Waals surface area contributed by atoms with E-state index in [4.69, 9.17) is 4.74 Å². The number of ether oxygens (including phenoxy) is 1. The van der Waals surface area contributed by atoms with Gasteiger partial charge in [0.2, 0.25) is 5.91 Å². The molecule has 1 saturated heterocycles. The van der Waals surface area contributed by atoms with Gasteiger partial charge in [0.1, 0.15) is 18.4 Å². The van der Waals surface area contributed by atoms with Crippen molar-refractivity contribution in [2.45, 2.75) is 31.6 Å². The first-order valence-corrected chi connectivity index (χ1v) is 7.72. The van der Waals surface area contributed by atoms with Crippen molar-refractivity contribution in [2.24, 2.45) is 0 Å². The largest absolute Gasteiger partial charge is 0.486 e. The van der Waals surface area contributed by atoms with E-state index in [9.17, 15) is 9.90 Å². The maximum absolute atomic E-state index is 12.3. The SMILES string of the molecule is O=C(Cn1cccn1)N1CC[C@H](Oc2cccnc2)[C@@H](O)CC1. The molecule has 2 atom stereocenters. The third-order valence-electron chi connectivity index (χ3n) is 3.94. The van der Waals surface area contributed by atoms with Gasteiger partial charge in [-0.15, -0.1) is 0 Å². The van der Waals surface area contributed by atoms with Gasteiger partial charge in [0.05, 0.1) is 12.3 Å². The van der Waals surface area contributed by atoms with Crippen LogP contribution in [-0.2, 0) is 11.3 Å². The Morgan fingerprint density at radius 1 is 1.30 bits per heavy atom. The first kappa shape index (κ1) is 15.5. The molecular weight excluding hydrogens is 296 g/mol. The van der Waals surface area contributed by atoms with Crippen LogP contribution in [0, 0.1) is 0 Å². The zero-order valence-corrected chi connectivity index (χ0v) is 12.8. The molecule has 1 aliphatic heterocycles. The Hall–Kier alpha value is -2.41. The molecule has 3 rings (SSSR count). The molecule has 1 amide bonds. The van der Waals surface area contributed by atoms with Crippen LogP contribution in [0.1, 0.15) is 12.8 Å². The van der Waals surface area contributed by atoms with Crippen LogP contribution in [-0.4, -0.2) is 56.0 Å². The van der Waals surface area contributed by atoms with Crippen molar-refractivity contribution in [2.75, 3.05) is 13.1 Å². The van der Waals surface area contributed by atoms with Crippen LogP contribution >= 0.6 is 0 Å². The summed E-state index contributed by atoms with van der Waals surface area (Å²) in [7, 11) is 0. The van der Waals surface area contributed by atoms with Crippen LogP contribution in [0.2, 0.25) is 0 Å². The number of aromatic nitrogens is 3. The van der Waals surface area contributed by atoms with Gasteiger partial charge >= 0.3 is 0 Å². The summed E-state index contributed by atoms with van der Waals surface area (Å²) in [5.74, 6) is 0.635. The fourth-order valence-corrected chi connectivity index (χ4v) is 2.67. The van der Waals surface area contributed by atoms with Crippen molar-refractivity contribution in [1.82, 2.24) is 19.7 Å². The molecule has 7 heteroatoms. The van der Waals surface area contributed by atoms with Crippen molar-refractivity contribution in [3.63, 3.8) is 0 Å². The number of aliphatic hydroxyl groups is 1. The first-order chi connectivity index (χ1) is 11.2. The number of nitrogens with zero attached hydrogens (tertiary/aromatic N) is 4. The highest BCUT2D eigenvalue weighted by Crippen LogP contribution is 2.19. The monoisotopic (exact) mass is 316 g/mol. The summed E-state index contributed by atoms with van der Waals surface area (Å²) in [5, 5.41) is 14.3. The molecular formula is C16H20N4O3. The topological polar surface area (TPSA) is 80.5 Å². The Morgan fingerprint density at radius 3 is 2.91 bits per heavy atom. The van der Waals surface area contributed by atoms with Crippen LogP contribution in [0.15, 0.2) is 43.0 Å². The molecule has 2 aromatic heterocycles. The van der Waals surface area contributed by atoms with Gasteiger partial charge in [-0.1, -0.05) is 0 Å². The van der Waals surface area contributed by atoms with E-state index in [1.54, 1.807) is 46.5 Å². The van der Waals surface area contributed by atoms with E-state index in [0.29, 0.717) is 31.7 Å². The highest BCUT2D eigenvalue weighted by Gasteiger charge is 2.28. The number of rotatable bonds is 4. The predicted octanol–water partition coefficient (Wildman–Crippen LogP) is 0.709. The minimum Gasteiger partial charge on any atom is -0.486 e. The zero-order valence-electron chi connectivity index (χ0n) is 12.8. The van der Waals surface area contributed by atoms with E-state index in [0.717, 1.165) is 0 Å². The lowest BCUT2D eigenvalue weighted by atomic mass is 10.1. The Bertz CT molecular complexity index is 618. The van der Waals surface area contributed by atoms with Gasteiger partial charge < -0.3 is 14.7 Å². The summed E-state index contributed by atoms with van der Waals surface area (Å²) in [6, 6.07) is 5.39. The van der Waals surface area contributed by atoms with Crippen LogP contribution in [0.3, 0.4) is 0 Å². The minimum absolute atomic E-state index is 0.00271. The van der Waals surface area contributed by atoms with Gasteiger partial charge in [-0.05, 0) is 24.6 Å². The second-order valence-corrected chi connectivity index (χ2v) is 5.57. The molecule has 0 radical (unpaired) electrons. The van der Waals surface area contributed by atoms with E-state index >= 15 is 0 Å². The molecule has 0 aliphatic carbocycles. The Balaban J connectivity index is 1.58. The standard InChI is InChI=1S/C16H20N4O3/c21-14-4-9-19(16(22)12-20-8-2-7-18-20)10-5-15(14)23-13-3-1-6-17-11-13/h1-3,6-8,11,14-15,21H,4-5,9-10,12H2/t14-,15-/m0/s1. The van der Waals surface area contributed by atoms with Gasteiger partial charge in [-0.25, -0.2) is 0 Å². The van der Waals surface area contributed by atoms with E-state index in [1.807, 2.05) is 6.07 Å². The second-order valence-electron chi connectivity index (χ2n) is 5.57. The molecule has 7 nitrogen and oxygen atoms in total. The lowest BCUT2D eigenvalue weighted by molar-refractivity contribution is -0.132. The molecule has 23 heavy (non-hydrogen) atoms. The number of hydrogen-bond acceptors (Lipinski definition) is 5. The van der Waals surface area contributed by atoms with E-state index < -0.39 is 6.10 Å². The molecule has 0 saturated carbocycles. The van der Waals surface area contributed by atoms with Crippen molar-refractivity contribution in [3.8, 4) is 5.75 Å². The number of carbonyl (C=O) groups excluding carboxylic acids is 1.